The first-order valence-corrected chi connectivity index (χ1v) is 8.00. The number of hydrogen-bond donors (Lipinski definition) is 1. The average Bonchev–Trinajstić information content (AvgIpc) is 2.86. The zero-order valence-corrected chi connectivity index (χ0v) is 13.4. The molecule has 2 aromatic rings. The minimum absolute atomic E-state index is 0.282. The number of hydrogen-bond acceptors (Lipinski definition) is 3. The van der Waals surface area contributed by atoms with E-state index in [-0.39, 0.29) is 5.91 Å². The quantitative estimate of drug-likeness (QED) is 0.680. The Labute approximate surface area is 140 Å². The van der Waals surface area contributed by atoms with Crippen LogP contribution in [0.2, 0.25) is 0 Å². The van der Waals surface area contributed by atoms with E-state index in [4.69, 9.17) is 0 Å². The highest BCUT2D eigenvalue weighted by Gasteiger charge is 2.37. The van der Waals surface area contributed by atoms with Gasteiger partial charge >= 0.3 is 0 Å². The SMILES string of the molecule is CCCCNC(=O)c1ccccc1N1C(=O)c2ccccc2C1=O. The molecule has 0 atom stereocenters. The molecule has 0 radical (unpaired) electrons. The van der Waals surface area contributed by atoms with Crippen molar-refractivity contribution in [3.8, 4) is 0 Å². The van der Waals surface area contributed by atoms with Gasteiger partial charge in [0.2, 0.25) is 0 Å². The molecule has 0 aliphatic carbocycles. The van der Waals surface area contributed by atoms with E-state index in [2.05, 4.69) is 5.32 Å². The Balaban J connectivity index is 1.95. The second-order valence-corrected chi connectivity index (χ2v) is 5.62. The number of anilines is 1. The second-order valence-electron chi connectivity index (χ2n) is 5.62. The van der Waals surface area contributed by atoms with Gasteiger partial charge < -0.3 is 5.32 Å². The van der Waals surface area contributed by atoms with Crippen LogP contribution in [0.15, 0.2) is 48.5 Å². The number of amides is 3. The molecule has 1 heterocycles. The summed E-state index contributed by atoms with van der Waals surface area (Å²) < 4.78 is 0. The number of rotatable bonds is 5. The van der Waals surface area contributed by atoms with Crippen LogP contribution in [0, 0.1) is 0 Å². The third-order valence-electron chi connectivity index (χ3n) is 4.00. The van der Waals surface area contributed by atoms with Gasteiger partial charge in [-0.2, -0.15) is 0 Å². The summed E-state index contributed by atoms with van der Waals surface area (Å²) in [6, 6.07) is 13.4. The standard InChI is InChI=1S/C19H18N2O3/c1-2-3-12-20-17(22)15-10-6-7-11-16(15)21-18(23)13-8-4-5-9-14(13)19(21)24/h4-11H,2-3,12H2,1H3,(H,20,22). The summed E-state index contributed by atoms with van der Waals surface area (Å²) in [5, 5.41) is 2.83. The normalized spacial score (nSPS) is 13.1. The largest absolute Gasteiger partial charge is 0.352 e. The predicted molar refractivity (Wildman–Crippen MR) is 91.3 cm³/mol. The maximum Gasteiger partial charge on any atom is 0.266 e. The molecule has 1 aliphatic heterocycles. The molecule has 5 nitrogen and oxygen atoms in total. The van der Waals surface area contributed by atoms with Crippen LogP contribution in [0.3, 0.4) is 0 Å². The number of imide groups is 1. The van der Waals surface area contributed by atoms with Crippen molar-refractivity contribution in [2.24, 2.45) is 0 Å². The zero-order chi connectivity index (χ0) is 17.1. The molecular weight excluding hydrogens is 304 g/mol. The van der Waals surface area contributed by atoms with Crippen LogP contribution in [-0.2, 0) is 0 Å². The molecule has 0 unspecified atom stereocenters. The molecule has 1 N–H and O–H groups in total. The molecule has 3 amide bonds. The fraction of sp³-hybridized carbons (Fsp3) is 0.211. The van der Waals surface area contributed by atoms with Crippen LogP contribution in [-0.4, -0.2) is 24.3 Å². The van der Waals surface area contributed by atoms with Crippen molar-refractivity contribution in [3.05, 3.63) is 65.2 Å². The molecule has 2 aromatic carbocycles. The number of benzene rings is 2. The van der Waals surface area contributed by atoms with Crippen LogP contribution in [0.4, 0.5) is 5.69 Å². The van der Waals surface area contributed by atoms with Gasteiger partial charge in [-0.05, 0) is 30.7 Å². The number of unbranched alkanes of at least 4 members (excludes halogenated alkanes) is 1. The number of carbonyl (C=O) groups excluding carboxylic acids is 3. The van der Waals surface area contributed by atoms with Gasteiger partial charge in [0.25, 0.3) is 17.7 Å². The van der Waals surface area contributed by atoms with Crippen LogP contribution in [0.5, 0.6) is 0 Å². The van der Waals surface area contributed by atoms with Crippen LogP contribution >= 0.6 is 0 Å². The summed E-state index contributed by atoms with van der Waals surface area (Å²) in [4.78, 5) is 38.7. The average molecular weight is 322 g/mol. The number of para-hydroxylation sites is 1. The van der Waals surface area contributed by atoms with E-state index < -0.39 is 11.8 Å². The van der Waals surface area contributed by atoms with E-state index >= 15 is 0 Å². The maximum atomic E-state index is 12.6. The lowest BCUT2D eigenvalue weighted by molar-refractivity contribution is 0.0926. The fourth-order valence-corrected chi connectivity index (χ4v) is 2.74. The first-order valence-electron chi connectivity index (χ1n) is 8.00. The highest BCUT2D eigenvalue weighted by Crippen LogP contribution is 2.30. The van der Waals surface area contributed by atoms with E-state index in [1.54, 1.807) is 48.5 Å². The van der Waals surface area contributed by atoms with Gasteiger partial charge in [0.15, 0.2) is 0 Å². The summed E-state index contributed by atoms with van der Waals surface area (Å²) in [5.41, 5.74) is 1.37. The molecule has 0 fully saturated rings. The lowest BCUT2D eigenvalue weighted by Gasteiger charge is -2.17. The molecule has 1 aliphatic rings. The summed E-state index contributed by atoms with van der Waals surface area (Å²) >= 11 is 0. The Morgan fingerprint density at radius 2 is 1.54 bits per heavy atom. The Bertz CT molecular complexity index is 779. The molecule has 0 saturated heterocycles. The summed E-state index contributed by atoms with van der Waals surface area (Å²) in [6.45, 7) is 2.60. The fourth-order valence-electron chi connectivity index (χ4n) is 2.74. The van der Waals surface area contributed by atoms with Gasteiger partial charge in [-0.15, -0.1) is 0 Å². The molecule has 122 valence electrons. The Morgan fingerprint density at radius 1 is 0.958 bits per heavy atom. The smallest absolute Gasteiger partial charge is 0.266 e. The van der Waals surface area contributed by atoms with Gasteiger partial charge in [0, 0.05) is 6.54 Å². The molecule has 3 rings (SSSR count). The minimum Gasteiger partial charge on any atom is -0.352 e. The molecule has 0 bridgehead atoms. The van der Waals surface area contributed by atoms with E-state index in [0.29, 0.717) is 28.9 Å². The van der Waals surface area contributed by atoms with Crippen molar-refractivity contribution in [1.29, 1.82) is 0 Å². The number of carbonyl (C=O) groups is 3. The van der Waals surface area contributed by atoms with Gasteiger partial charge in [-0.1, -0.05) is 37.6 Å². The molecule has 0 spiro atoms. The van der Waals surface area contributed by atoms with E-state index in [0.717, 1.165) is 17.7 Å². The van der Waals surface area contributed by atoms with Crippen LogP contribution < -0.4 is 10.2 Å². The third-order valence-corrected chi connectivity index (χ3v) is 4.00. The van der Waals surface area contributed by atoms with Crippen LogP contribution in [0.25, 0.3) is 0 Å². The van der Waals surface area contributed by atoms with Gasteiger partial charge in [0.05, 0.1) is 22.4 Å². The highest BCUT2D eigenvalue weighted by atomic mass is 16.2. The van der Waals surface area contributed by atoms with Crippen molar-refractivity contribution in [2.75, 3.05) is 11.4 Å². The first-order chi connectivity index (χ1) is 11.6. The second kappa shape index (κ2) is 6.66. The van der Waals surface area contributed by atoms with Crippen molar-refractivity contribution >= 4 is 23.4 Å². The van der Waals surface area contributed by atoms with Gasteiger partial charge in [-0.25, -0.2) is 4.90 Å². The van der Waals surface area contributed by atoms with Crippen molar-refractivity contribution < 1.29 is 14.4 Å². The number of nitrogens with one attached hydrogen (secondary N) is 1. The van der Waals surface area contributed by atoms with Crippen molar-refractivity contribution in [2.45, 2.75) is 19.8 Å². The topological polar surface area (TPSA) is 66.5 Å². The van der Waals surface area contributed by atoms with Crippen molar-refractivity contribution in [1.82, 2.24) is 5.32 Å². The Hall–Kier alpha value is -2.95. The summed E-state index contributed by atoms with van der Waals surface area (Å²) in [5.74, 6) is -1.08. The lowest BCUT2D eigenvalue weighted by Crippen LogP contribution is -2.33. The zero-order valence-electron chi connectivity index (χ0n) is 13.4. The molecule has 0 aromatic heterocycles. The molecule has 5 heteroatoms. The Kier molecular flexibility index (Phi) is 4.42. The van der Waals surface area contributed by atoms with E-state index in [1.807, 2.05) is 6.92 Å². The maximum absolute atomic E-state index is 12.6. The van der Waals surface area contributed by atoms with Crippen molar-refractivity contribution in [3.63, 3.8) is 0 Å². The van der Waals surface area contributed by atoms with E-state index in [1.165, 1.54) is 0 Å². The predicted octanol–water partition coefficient (Wildman–Crippen LogP) is 3.02. The number of nitrogens with zero attached hydrogens (tertiary/aromatic N) is 1. The number of fused-ring (bicyclic) bond motifs is 1. The minimum atomic E-state index is -0.399. The third kappa shape index (κ3) is 2.69. The highest BCUT2D eigenvalue weighted by molar-refractivity contribution is 6.35. The lowest BCUT2D eigenvalue weighted by atomic mass is 10.1. The summed E-state index contributed by atoms with van der Waals surface area (Å²) in [7, 11) is 0. The Morgan fingerprint density at radius 3 is 2.17 bits per heavy atom. The van der Waals surface area contributed by atoms with E-state index in [9.17, 15) is 14.4 Å². The van der Waals surface area contributed by atoms with Crippen LogP contribution in [0.1, 0.15) is 50.8 Å². The molecule has 0 saturated carbocycles. The molecular formula is C19H18N2O3. The van der Waals surface area contributed by atoms with Gasteiger partial charge in [-0.3, -0.25) is 14.4 Å². The molecule has 24 heavy (non-hydrogen) atoms. The summed E-state index contributed by atoms with van der Waals surface area (Å²) in [6.07, 6.45) is 1.85. The van der Waals surface area contributed by atoms with Gasteiger partial charge in [0.1, 0.15) is 0 Å². The first kappa shape index (κ1) is 15.9. The monoisotopic (exact) mass is 322 g/mol.